The fourth-order valence-corrected chi connectivity index (χ4v) is 4.56. The molecule has 1 amide bonds. The number of fused-ring (bicyclic) bond motifs is 1. The number of nitrogens with one attached hydrogen (secondary N) is 2. The van der Waals surface area contributed by atoms with Gasteiger partial charge in [-0.3, -0.25) is 9.79 Å². The highest BCUT2D eigenvalue weighted by atomic mass is 32.2. The summed E-state index contributed by atoms with van der Waals surface area (Å²) < 4.78 is 66.5. The first-order chi connectivity index (χ1) is 17.1. The van der Waals surface area contributed by atoms with E-state index in [9.17, 15) is 27.1 Å². The van der Waals surface area contributed by atoms with Crippen molar-refractivity contribution in [3.8, 4) is 17.2 Å². The molecule has 14 heteroatoms. The van der Waals surface area contributed by atoms with E-state index in [1.807, 2.05) is 20.8 Å². The highest BCUT2D eigenvalue weighted by Crippen LogP contribution is 2.45. The number of phenolic OH excluding ortho intramolecular Hbond substituents is 1. The van der Waals surface area contributed by atoms with Crippen LogP contribution in [0.25, 0.3) is 0 Å². The zero-order valence-corrected chi connectivity index (χ0v) is 21.4. The van der Waals surface area contributed by atoms with Crippen LogP contribution in [-0.4, -0.2) is 56.4 Å². The first kappa shape index (κ1) is 26.1. The van der Waals surface area contributed by atoms with Gasteiger partial charge in [-0.15, -0.1) is 13.2 Å². The molecule has 2 aromatic carbocycles. The highest BCUT2D eigenvalue weighted by Gasteiger charge is 2.44. The molecule has 1 atom stereocenters. The predicted molar refractivity (Wildman–Crippen MR) is 132 cm³/mol. The van der Waals surface area contributed by atoms with E-state index in [1.165, 1.54) is 55.4 Å². The lowest BCUT2D eigenvalue weighted by Crippen LogP contribution is -2.32. The summed E-state index contributed by atoms with van der Waals surface area (Å²) in [4.78, 5) is 18.2. The molecule has 0 bridgehead atoms. The molecule has 2 heterocycles. The van der Waals surface area contributed by atoms with E-state index in [-0.39, 0.29) is 34.4 Å². The summed E-state index contributed by atoms with van der Waals surface area (Å²) in [6, 6.07) is 7.81. The van der Waals surface area contributed by atoms with Crippen LogP contribution in [0.5, 0.6) is 17.2 Å². The van der Waals surface area contributed by atoms with Crippen LogP contribution in [0, 0.1) is 5.41 Å². The number of phenols is 1. The molecule has 2 aromatic rings. The van der Waals surface area contributed by atoms with E-state index >= 15 is 0 Å². The van der Waals surface area contributed by atoms with Crippen molar-refractivity contribution in [1.29, 1.82) is 0 Å². The first-order valence-electron chi connectivity index (χ1n) is 11.0. The van der Waals surface area contributed by atoms with Gasteiger partial charge in [0.25, 0.3) is 5.91 Å². The van der Waals surface area contributed by atoms with Gasteiger partial charge in [-0.05, 0) is 35.2 Å². The Hall–Kier alpha value is -3.94. The van der Waals surface area contributed by atoms with Crippen molar-refractivity contribution in [2.75, 3.05) is 19.4 Å². The third-order valence-corrected chi connectivity index (χ3v) is 6.28. The first-order valence-corrected chi connectivity index (χ1v) is 12.4. The SMILES string of the molecule is CN(C)C(=O)c1cccc(NC2=NS(=O)(=O)NC2=N[C@@H](c2ccc3c(c2)OC(F)(F)O3)C(C)(C)C)c1O. The molecule has 4 rings (SSSR count). The Morgan fingerprint density at radius 2 is 1.86 bits per heavy atom. The van der Waals surface area contributed by atoms with Crippen LogP contribution < -0.4 is 19.5 Å². The van der Waals surface area contributed by atoms with Crippen molar-refractivity contribution in [1.82, 2.24) is 9.62 Å². The summed E-state index contributed by atoms with van der Waals surface area (Å²) in [6.07, 6.45) is -3.79. The summed E-state index contributed by atoms with van der Waals surface area (Å²) in [5.41, 5.74) is -0.155. The van der Waals surface area contributed by atoms with E-state index in [0.29, 0.717) is 5.56 Å². The van der Waals surface area contributed by atoms with Crippen LogP contribution in [0.2, 0.25) is 0 Å². The Morgan fingerprint density at radius 1 is 1.19 bits per heavy atom. The van der Waals surface area contributed by atoms with Gasteiger partial charge in [-0.2, -0.15) is 8.42 Å². The second-order valence-corrected chi connectivity index (χ2v) is 11.0. The Balaban J connectivity index is 1.72. The van der Waals surface area contributed by atoms with Gasteiger partial charge < -0.3 is 24.8 Å². The second-order valence-electron chi connectivity index (χ2n) is 9.66. The van der Waals surface area contributed by atoms with Crippen LogP contribution in [0.1, 0.15) is 42.7 Å². The number of aromatic hydroxyl groups is 1. The zero-order valence-electron chi connectivity index (χ0n) is 20.5. The second kappa shape index (κ2) is 8.87. The predicted octanol–water partition coefficient (Wildman–Crippen LogP) is 3.26. The van der Waals surface area contributed by atoms with Crippen molar-refractivity contribution in [2.24, 2.45) is 14.8 Å². The lowest BCUT2D eigenvalue weighted by Gasteiger charge is -2.28. The van der Waals surface area contributed by atoms with E-state index in [0.717, 1.165) is 0 Å². The van der Waals surface area contributed by atoms with Crippen molar-refractivity contribution in [3.63, 3.8) is 0 Å². The summed E-state index contributed by atoms with van der Waals surface area (Å²) in [7, 11) is -1.13. The molecule has 2 aliphatic heterocycles. The average Bonchev–Trinajstić information content (AvgIpc) is 3.24. The molecular formula is C23H25F2N5O6S. The molecule has 0 spiro atoms. The van der Waals surface area contributed by atoms with E-state index in [4.69, 9.17) is 0 Å². The van der Waals surface area contributed by atoms with E-state index in [1.54, 1.807) is 0 Å². The van der Waals surface area contributed by atoms with Gasteiger partial charge in [-0.25, -0.2) is 4.72 Å². The van der Waals surface area contributed by atoms with Crippen LogP contribution in [-0.2, 0) is 10.2 Å². The molecule has 0 unspecified atom stereocenters. The number of hydrogen-bond donors (Lipinski definition) is 3. The maximum atomic E-state index is 13.5. The third kappa shape index (κ3) is 5.43. The molecule has 0 fully saturated rings. The number of carbonyl (C=O) groups excluding carboxylic acids is 1. The van der Waals surface area contributed by atoms with Crippen LogP contribution in [0.15, 0.2) is 45.8 Å². The molecule has 37 heavy (non-hydrogen) atoms. The molecule has 198 valence electrons. The zero-order chi connectivity index (χ0) is 27.3. The number of benzene rings is 2. The molecule has 11 nitrogen and oxygen atoms in total. The number of carbonyl (C=O) groups is 1. The number of hydrogen-bond acceptors (Lipinski definition) is 8. The Kier molecular flexibility index (Phi) is 6.26. The molecule has 3 N–H and O–H groups in total. The fourth-order valence-electron chi connectivity index (χ4n) is 3.74. The lowest BCUT2D eigenvalue weighted by atomic mass is 9.82. The van der Waals surface area contributed by atoms with Gasteiger partial charge in [0, 0.05) is 14.1 Å². The highest BCUT2D eigenvalue weighted by molar-refractivity contribution is 7.89. The smallest absolute Gasteiger partial charge is 0.505 e. The number of alkyl halides is 2. The monoisotopic (exact) mass is 537 g/mol. The normalized spacial score (nSPS) is 19.2. The van der Waals surface area contributed by atoms with Crippen LogP contribution in [0.3, 0.4) is 0 Å². The van der Waals surface area contributed by atoms with Gasteiger partial charge in [0.1, 0.15) is 0 Å². The number of rotatable bonds is 4. The molecule has 0 aliphatic carbocycles. The van der Waals surface area contributed by atoms with Crippen LogP contribution in [0.4, 0.5) is 14.5 Å². The number of amides is 1. The maximum Gasteiger partial charge on any atom is 0.586 e. The Labute approximate surface area is 212 Å². The molecule has 2 aliphatic rings. The van der Waals surface area contributed by atoms with Gasteiger partial charge in [0.05, 0.1) is 17.3 Å². The molecule has 0 aromatic heterocycles. The average molecular weight is 538 g/mol. The minimum Gasteiger partial charge on any atom is -0.505 e. The van der Waals surface area contributed by atoms with Crippen LogP contribution >= 0.6 is 0 Å². The van der Waals surface area contributed by atoms with Crippen molar-refractivity contribution >= 4 is 33.5 Å². The number of amidine groups is 2. The Bertz CT molecular complexity index is 1430. The van der Waals surface area contributed by atoms with Crippen molar-refractivity contribution in [2.45, 2.75) is 33.1 Å². The van der Waals surface area contributed by atoms with Gasteiger partial charge in [0.2, 0.25) is 0 Å². The molecule has 0 saturated heterocycles. The summed E-state index contributed by atoms with van der Waals surface area (Å²) in [5.74, 6) is -1.59. The summed E-state index contributed by atoms with van der Waals surface area (Å²) >= 11 is 0. The summed E-state index contributed by atoms with van der Waals surface area (Å²) in [5, 5.41) is 13.4. The van der Waals surface area contributed by atoms with Gasteiger partial charge >= 0.3 is 16.5 Å². The summed E-state index contributed by atoms with van der Waals surface area (Å²) in [6.45, 7) is 5.49. The standard InChI is InChI=1S/C23H25F2N5O6S/c1-22(2,3)18(12-9-10-15-16(11-12)36-23(24,25)35-15)27-20-19(28-37(33,34)29-20)26-14-8-6-7-13(17(14)31)21(32)30(4)5/h6-11,18,31H,1-5H3,(H,26,28)(H,27,29)/t18-/m0/s1. The third-order valence-electron chi connectivity index (χ3n) is 5.41. The Morgan fingerprint density at radius 3 is 2.51 bits per heavy atom. The number of para-hydroxylation sites is 1. The van der Waals surface area contributed by atoms with Crippen molar-refractivity contribution < 1.29 is 36.6 Å². The quantitative estimate of drug-likeness (QED) is 0.508. The largest absolute Gasteiger partial charge is 0.586 e. The number of ether oxygens (including phenoxy) is 2. The van der Waals surface area contributed by atoms with E-state index in [2.05, 4.69) is 28.9 Å². The van der Waals surface area contributed by atoms with E-state index < -0.39 is 39.6 Å². The fraction of sp³-hybridized carbons (Fsp3) is 0.348. The minimum absolute atomic E-state index is 0.00682. The van der Waals surface area contributed by atoms with Gasteiger partial charge in [0.15, 0.2) is 28.9 Å². The topological polar surface area (TPSA) is 142 Å². The number of halogens is 2. The molecule has 0 radical (unpaired) electrons. The molecule has 0 saturated carbocycles. The number of anilines is 1. The molecular weight excluding hydrogens is 512 g/mol. The van der Waals surface area contributed by atoms with Crippen molar-refractivity contribution in [3.05, 3.63) is 47.5 Å². The lowest BCUT2D eigenvalue weighted by molar-refractivity contribution is -0.286. The van der Waals surface area contributed by atoms with Gasteiger partial charge in [-0.1, -0.05) is 32.9 Å². The minimum atomic E-state index is -4.17. The number of nitrogens with zero attached hydrogens (tertiary/aromatic N) is 3. The maximum absolute atomic E-state index is 13.5. The number of aliphatic imine (C=N–C) groups is 1.